The van der Waals surface area contributed by atoms with E-state index in [-0.39, 0.29) is 17.5 Å². The van der Waals surface area contributed by atoms with E-state index in [1.54, 1.807) is 0 Å². The Hall–Kier alpha value is -2.55. The van der Waals surface area contributed by atoms with E-state index in [4.69, 9.17) is 16.2 Å². The molecule has 0 spiro atoms. The molecule has 21 heavy (non-hydrogen) atoms. The van der Waals surface area contributed by atoms with Gasteiger partial charge in [-0.15, -0.1) is 0 Å². The Morgan fingerprint density at radius 1 is 1.10 bits per heavy atom. The summed E-state index contributed by atoms with van der Waals surface area (Å²) in [7, 11) is 0. The highest BCUT2D eigenvalue weighted by Gasteiger charge is 2.20. The first kappa shape index (κ1) is 13.4. The van der Waals surface area contributed by atoms with E-state index >= 15 is 0 Å². The minimum atomic E-state index is -0.694. The molecular formula is C12H14FN7O. The van der Waals surface area contributed by atoms with Crippen LogP contribution >= 0.6 is 0 Å². The van der Waals surface area contributed by atoms with Crippen LogP contribution in [0.1, 0.15) is 0 Å². The molecule has 4 N–H and O–H groups in total. The van der Waals surface area contributed by atoms with E-state index in [9.17, 15) is 4.39 Å². The molecule has 1 aliphatic heterocycles. The fraction of sp³-hybridized carbons (Fsp3) is 0.333. The lowest BCUT2D eigenvalue weighted by molar-refractivity contribution is 0.122. The molecule has 1 aliphatic rings. The first-order valence-corrected chi connectivity index (χ1v) is 6.39. The van der Waals surface area contributed by atoms with Gasteiger partial charge in [0, 0.05) is 31.0 Å². The summed E-state index contributed by atoms with van der Waals surface area (Å²) in [5.74, 6) is -0.433. The van der Waals surface area contributed by atoms with Gasteiger partial charge in [-0.05, 0) is 0 Å². The van der Waals surface area contributed by atoms with Crippen LogP contribution in [0.4, 0.5) is 22.1 Å². The summed E-state index contributed by atoms with van der Waals surface area (Å²) in [4.78, 5) is 17.8. The number of rotatable bonds is 2. The van der Waals surface area contributed by atoms with Crippen molar-refractivity contribution in [1.82, 2.24) is 19.9 Å². The number of hydrogen-bond acceptors (Lipinski definition) is 8. The maximum absolute atomic E-state index is 14.2. The molecule has 3 heterocycles. The van der Waals surface area contributed by atoms with Crippen molar-refractivity contribution in [2.24, 2.45) is 0 Å². The molecule has 0 saturated carbocycles. The second-order valence-corrected chi connectivity index (χ2v) is 4.50. The zero-order chi connectivity index (χ0) is 14.8. The van der Waals surface area contributed by atoms with Gasteiger partial charge in [0.2, 0.25) is 11.9 Å². The SMILES string of the molecule is Nc1ncc(-c2nc(N3CCOCC3)nc(N)c2F)cn1. The first-order valence-electron chi connectivity index (χ1n) is 6.39. The molecular weight excluding hydrogens is 277 g/mol. The fourth-order valence-electron chi connectivity index (χ4n) is 2.01. The number of nitrogens with two attached hydrogens (primary N) is 2. The fourth-order valence-corrected chi connectivity index (χ4v) is 2.01. The standard InChI is InChI=1S/C12H14FN7O/c13-8-9(7-5-16-11(15)17-6-7)18-12(19-10(8)14)20-1-3-21-4-2-20/h5-6H,1-4H2,(H2,14,18,19)(H2,15,16,17). The number of anilines is 3. The van der Waals surface area contributed by atoms with Gasteiger partial charge in [0.1, 0.15) is 5.69 Å². The summed E-state index contributed by atoms with van der Waals surface area (Å²) in [5, 5.41) is 0. The number of hydrogen-bond donors (Lipinski definition) is 2. The van der Waals surface area contributed by atoms with E-state index in [1.807, 2.05) is 4.90 Å². The van der Waals surface area contributed by atoms with Gasteiger partial charge in [0.05, 0.1) is 13.2 Å². The molecule has 0 unspecified atom stereocenters. The van der Waals surface area contributed by atoms with Crippen LogP contribution < -0.4 is 16.4 Å². The molecule has 1 fully saturated rings. The van der Waals surface area contributed by atoms with E-state index in [1.165, 1.54) is 12.4 Å². The van der Waals surface area contributed by atoms with Gasteiger partial charge < -0.3 is 21.1 Å². The molecule has 0 aromatic carbocycles. The number of nitrogens with zero attached hydrogens (tertiary/aromatic N) is 5. The normalized spacial score (nSPS) is 15.2. The summed E-state index contributed by atoms with van der Waals surface area (Å²) in [6.45, 7) is 2.40. The van der Waals surface area contributed by atoms with Gasteiger partial charge in [-0.1, -0.05) is 0 Å². The molecule has 0 atom stereocenters. The topological polar surface area (TPSA) is 116 Å². The van der Waals surface area contributed by atoms with Crippen molar-refractivity contribution in [2.45, 2.75) is 0 Å². The number of aromatic nitrogens is 4. The predicted molar refractivity (Wildman–Crippen MR) is 74.9 cm³/mol. The number of morpholine rings is 1. The van der Waals surface area contributed by atoms with Crippen LogP contribution in [-0.4, -0.2) is 46.2 Å². The van der Waals surface area contributed by atoms with Gasteiger partial charge in [-0.2, -0.15) is 4.98 Å². The van der Waals surface area contributed by atoms with Gasteiger partial charge in [0.25, 0.3) is 0 Å². The van der Waals surface area contributed by atoms with Gasteiger partial charge in [-0.25, -0.2) is 19.3 Å². The molecule has 8 nitrogen and oxygen atoms in total. The molecule has 3 rings (SSSR count). The minimum absolute atomic E-state index is 0.0593. The van der Waals surface area contributed by atoms with Gasteiger partial charge >= 0.3 is 0 Å². The highest BCUT2D eigenvalue weighted by Crippen LogP contribution is 2.25. The van der Waals surface area contributed by atoms with Crippen LogP contribution in [0, 0.1) is 5.82 Å². The lowest BCUT2D eigenvalue weighted by Gasteiger charge is -2.27. The number of ether oxygens (including phenoxy) is 1. The predicted octanol–water partition coefficient (Wildman–Crippen LogP) is 0.0737. The highest BCUT2D eigenvalue weighted by atomic mass is 19.1. The Morgan fingerprint density at radius 2 is 1.76 bits per heavy atom. The smallest absolute Gasteiger partial charge is 0.228 e. The summed E-state index contributed by atoms with van der Waals surface area (Å²) in [6, 6.07) is 0. The molecule has 110 valence electrons. The third-order valence-corrected chi connectivity index (χ3v) is 3.10. The number of nitrogen functional groups attached to an aromatic ring is 2. The van der Waals surface area contributed by atoms with Crippen LogP contribution in [0.5, 0.6) is 0 Å². The average Bonchev–Trinajstić information content (AvgIpc) is 2.52. The second-order valence-electron chi connectivity index (χ2n) is 4.50. The Morgan fingerprint density at radius 3 is 2.43 bits per heavy atom. The zero-order valence-corrected chi connectivity index (χ0v) is 11.2. The first-order chi connectivity index (χ1) is 10.1. The van der Waals surface area contributed by atoms with Crippen LogP contribution in [0.15, 0.2) is 12.4 Å². The molecule has 0 aliphatic carbocycles. The van der Waals surface area contributed by atoms with Crippen molar-refractivity contribution in [2.75, 3.05) is 42.7 Å². The molecule has 0 bridgehead atoms. The van der Waals surface area contributed by atoms with Crippen molar-refractivity contribution in [1.29, 1.82) is 0 Å². The monoisotopic (exact) mass is 291 g/mol. The molecule has 0 radical (unpaired) electrons. The molecule has 9 heteroatoms. The van der Waals surface area contributed by atoms with E-state index < -0.39 is 5.82 Å². The van der Waals surface area contributed by atoms with Gasteiger partial charge in [-0.3, -0.25) is 0 Å². The van der Waals surface area contributed by atoms with Crippen molar-refractivity contribution >= 4 is 17.7 Å². The van der Waals surface area contributed by atoms with Gasteiger partial charge in [0.15, 0.2) is 11.6 Å². The summed E-state index contributed by atoms with van der Waals surface area (Å²) in [5.41, 5.74) is 11.5. The Labute approximate surface area is 120 Å². The average molecular weight is 291 g/mol. The Bertz CT molecular complexity index is 643. The van der Waals surface area contributed by atoms with E-state index in [2.05, 4.69) is 19.9 Å². The molecule has 1 saturated heterocycles. The molecule has 2 aromatic heterocycles. The lowest BCUT2D eigenvalue weighted by Crippen LogP contribution is -2.37. The van der Waals surface area contributed by atoms with Crippen molar-refractivity contribution in [3.63, 3.8) is 0 Å². The zero-order valence-electron chi connectivity index (χ0n) is 11.2. The Kier molecular flexibility index (Phi) is 3.48. The number of halogens is 1. The van der Waals surface area contributed by atoms with Crippen LogP contribution in [0.3, 0.4) is 0 Å². The summed E-state index contributed by atoms with van der Waals surface area (Å²) in [6.07, 6.45) is 2.80. The minimum Gasteiger partial charge on any atom is -0.381 e. The van der Waals surface area contributed by atoms with Crippen molar-refractivity contribution in [3.05, 3.63) is 18.2 Å². The lowest BCUT2D eigenvalue weighted by atomic mass is 10.2. The maximum Gasteiger partial charge on any atom is 0.228 e. The molecule has 2 aromatic rings. The molecule has 0 amide bonds. The van der Waals surface area contributed by atoms with Crippen molar-refractivity contribution < 1.29 is 9.13 Å². The largest absolute Gasteiger partial charge is 0.381 e. The van der Waals surface area contributed by atoms with E-state index in [0.29, 0.717) is 37.8 Å². The summed E-state index contributed by atoms with van der Waals surface area (Å²) < 4.78 is 19.4. The van der Waals surface area contributed by atoms with Crippen LogP contribution in [0.2, 0.25) is 0 Å². The third kappa shape index (κ3) is 2.68. The maximum atomic E-state index is 14.2. The highest BCUT2D eigenvalue weighted by molar-refractivity contribution is 5.63. The van der Waals surface area contributed by atoms with Crippen molar-refractivity contribution in [3.8, 4) is 11.3 Å². The third-order valence-electron chi connectivity index (χ3n) is 3.10. The summed E-state index contributed by atoms with van der Waals surface area (Å²) >= 11 is 0. The van der Waals surface area contributed by atoms with Crippen LogP contribution in [-0.2, 0) is 4.74 Å². The Balaban J connectivity index is 2.02. The van der Waals surface area contributed by atoms with Crippen LogP contribution in [0.25, 0.3) is 11.3 Å². The second kappa shape index (κ2) is 5.44. The quantitative estimate of drug-likeness (QED) is 0.798. The van der Waals surface area contributed by atoms with E-state index in [0.717, 1.165) is 0 Å².